The van der Waals surface area contributed by atoms with E-state index >= 15 is 0 Å². The minimum Gasteiger partial charge on any atom is -0.297 e. The van der Waals surface area contributed by atoms with Crippen LogP contribution in [0.15, 0.2) is 54.6 Å². The summed E-state index contributed by atoms with van der Waals surface area (Å²) >= 11 is 5.93. The molecule has 0 aliphatic heterocycles. The van der Waals surface area contributed by atoms with E-state index < -0.39 is 11.3 Å². The lowest BCUT2D eigenvalue weighted by Crippen LogP contribution is -2.25. The highest BCUT2D eigenvalue weighted by Crippen LogP contribution is 2.21. The topological polar surface area (TPSA) is 63.2 Å². The molecule has 2 rings (SSSR count). The average Bonchev–Trinajstić information content (AvgIpc) is 2.54. The van der Waals surface area contributed by atoms with Crippen molar-refractivity contribution in [1.29, 1.82) is 0 Å². The van der Waals surface area contributed by atoms with E-state index in [4.69, 9.17) is 11.6 Å². The van der Waals surface area contributed by atoms with E-state index in [9.17, 15) is 14.4 Å². The minimum atomic E-state index is -0.976. The smallest absolute Gasteiger partial charge is 0.248 e. The van der Waals surface area contributed by atoms with Crippen molar-refractivity contribution in [2.24, 2.45) is 0 Å². The first-order valence-electron chi connectivity index (χ1n) is 6.21. The van der Waals surface area contributed by atoms with Crippen LogP contribution in [0.5, 0.6) is 0 Å². The second-order valence-corrected chi connectivity index (χ2v) is 4.74. The number of hydrogen-bond donors (Lipinski definition) is 1. The fourth-order valence-electron chi connectivity index (χ4n) is 1.84. The Hall–Kier alpha value is -2.46. The summed E-state index contributed by atoms with van der Waals surface area (Å²) in [5.41, 5.74) is 1.61. The molecule has 2 aromatic carbocycles. The summed E-state index contributed by atoms with van der Waals surface area (Å²) in [5, 5.41) is 1.01. The maximum atomic E-state index is 12.2. The SMILES string of the molecule is O=CNC(=O)C(Cl)c1ccc(C(=O)c2ccccc2)cc1. The molecule has 106 valence electrons. The van der Waals surface area contributed by atoms with Crippen LogP contribution in [0.2, 0.25) is 0 Å². The molecule has 1 N–H and O–H groups in total. The predicted molar refractivity (Wildman–Crippen MR) is 79.1 cm³/mol. The first-order chi connectivity index (χ1) is 10.1. The quantitative estimate of drug-likeness (QED) is 0.524. The second kappa shape index (κ2) is 6.81. The summed E-state index contributed by atoms with van der Waals surface area (Å²) < 4.78 is 0. The summed E-state index contributed by atoms with van der Waals surface area (Å²) in [7, 11) is 0. The standard InChI is InChI=1S/C16H12ClNO3/c17-14(16(21)18-10-19)11-6-8-13(9-7-11)15(20)12-4-2-1-3-5-12/h1-10,14H,(H,18,19,21). The van der Waals surface area contributed by atoms with Crippen molar-refractivity contribution >= 4 is 29.7 Å². The van der Waals surface area contributed by atoms with E-state index in [2.05, 4.69) is 0 Å². The highest BCUT2D eigenvalue weighted by molar-refractivity contribution is 6.31. The largest absolute Gasteiger partial charge is 0.297 e. The van der Waals surface area contributed by atoms with Crippen LogP contribution in [0.3, 0.4) is 0 Å². The van der Waals surface area contributed by atoms with Gasteiger partial charge in [0, 0.05) is 11.1 Å². The van der Waals surface area contributed by atoms with Crippen LogP contribution in [-0.2, 0) is 9.59 Å². The maximum Gasteiger partial charge on any atom is 0.248 e. The van der Waals surface area contributed by atoms with Crippen molar-refractivity contribution in [3.63, 3.8) is 0 Å². The zero-order chi connectivity index (χ0) is 15.2. The van der Waals surface area contributed by atoms with E-state index in [-0.39, 0.29) is 12.2 Å². The number of alkyl halides is 1. The van der Waals surface area contributed by atoms with Gasteiger partial charge in [0.15, 0.2) is 5.78 Å². The van der Waals surface area contributed by atoms with Gasteiger partial charge in [0.1, 0.15) is 5.38 Å². The number of nitrogens with one attached hydrogen (secondary N) is 1. The van der Waals surface area contributed by atoms with E-state index in [1.807, 2.05) is 11.4 Å². The van der Waals surface area contributed by atoms with Crippen LogP contribution in [0.25, 0.3) is 0 Å². The number of halogens is 1. The molecule has 0 radical (unpaired) electrons. The molecule has 0 spiro atoms. The number of rotatable bonds is 5. The van der Waals surface area contributed by atoms with E-state index in [0.29, 0.717) is 16.7 Å². The molecule has 4 nitrogen and oxygen atoms in total. The zero-order valence-electron chi connectivity index (χ0n) is 11.0. The van der Waals surface area contributed by atoms with Gasteiger partial charge in [0.05, 0.1) is 0 Å². The third-order valence-electron chi connectivity index (χ3n) is 2.93. The second-order valence-electron chi connectivity index (χ2n) is 4.31. The number of ketones is 1. The van der Waals surface area contributed by atoms with Gasteiger partial charge >= 0.3 is 0 Å². The van der Waals surface area contributed by atoms with Gasteiger partial charge in [0.25, 0.3) is 0 Å². The van der Waals surface area contributed by atoms with Crippen LogP contribution in [-0.4, -0.2) is 18.1 Å². The van der Waals surface area contributed by atoms with Crippen molar-refractivity contribution in [3.8, 4) is 0 Å². The number of amides is 2. The Balaban J connectivity index is 2.17. The summed E-state index contributed by atoms with van der Waals surface area (Å²) in [6, 6.07) is 15.3. The molecule has 0 fully saturated rings. The van der Waals surface area contributed by atoms with Gasteiger partial charge in [0.2, 0.25) is 12.3 Å². The fraction of sp³-hybridized carbons (Fsp3) is 0.0625. The molecule has 2 aromatic rings. The van der Waals surface area contributed by atoms with Gasteiger partial charge in [-0.25, -0.2) is 0 Å². The third kappa shape index (κ3) is 3.55. The van der Waals surface area contributed by atoms with Crippen LogP contribution in [0.1, 0.15) is 26.9 Å². The number of hydrogen-bond acceptors (Lipinski definition) is 3. The van der Waals surface area contributed by atoms with Gasteiger partial charge < -0.3 is 0 Å². The van der Waals surface area contributed by atoms with Crippen molar-refractivity contribution < 1.29 is 14.4 Å². The molecule has 0 saturated carbocycles. The highest BCUT2D eigenvalue weighted by atomic mass is 35.5. The molecule has 21 heavy (non-hydrogen) atoms. The Morgan fingerprint density at radius 3 is 2.10 bits per heavy atom. The average molecular weight is 302 g/mol. The Bertz CT molecular complexity index is 653. The normalized spacial score (nSPS) is 11.5. The van der Waals surface area contributed by atoms with Gasteiger partial charge in [-0.05, 0) is 5.56 Å². The minimum absolute atomic E-state index is 0.106. The monoisotopic (exact) mass is 301 g/mol. The number of imide groups is 1. The molecule has 0 heterocycles. The number of carbonyl (C=O) groups is 3. The maximum absolute atomic E-state index is 12.2. The lowest BCUT2D eigenvalue weighted by molar-refractivity contribution is -0.125. The molecule has 1 unspecified atom stereocenters. The molecule has 5 heteroatoms. The molecule has 1 atom stereocenters. The van der Waals surface area contributed by atoms with E-state index in [1.165, 1.54) is 0 Å². The lowest BCUT2D eigenvalue weighted by Gasteiger charge is -2.08. The van der Waals surface area contributed by atoms with Crippen LogP contribution < -0.4 is 5.32 Å². The highest BCUT2D eigenvalue weighted by Gasteiger charge is 2.17. The number of benzene rings is 2. The van der Waals surface area contributed by atoms with Crippen molar-refractivity contribution in [2.45, 2.75) is 5.38 Å². The Morgan fingerprint density at radius 1 is 0.952 bits per heavy atom. The van der Waals surface area contributed by atoms with Crippen molar-refractivity contribution in [2.75, 3.05) is 0 Å². The van der Waals surface area contributed by atoms with Gasteiger partial charge in [-0.15, -0.1) is 11.6 Å². The molecule has 0 aliphatic carbocycles. The van der Waals surface area contributed by atoms with Gasteiger partial charge in [-0.2, -0.15) is 0 Å². The molecule has 0 aliphatic rings. The van der Waals surface area contributed by atoms with Gasteiger partial charge in [-0.3, -0.25) is 19.7 Å². The Morgan fingerprint density at radius 2 is 1.52 bits per heavy atom. The zero-order valence-corrected chi connectivity index (χ0v) is 11.7. The lowest BCUT2D eigenvalue weighted by atomic mass is 10.0. The van der Waals surface area contributed by atoms with Crippen LogP contribution in [0, 0.1) is 0 Å². The fourth-order valence-corrected chi connectivity index (χ4v) is 2.05. The van der Waals surface area contributed by atoms with Gasteiger partial charge in [-0.1, -0.05) is 54.6 Å². The summed E-state index contributed by atoms with van der Waals surface area (Å²) in [6.07, 6.45) is 0.283. The summed E-state index contributed by atoms with van der Waals surface area (Å²) in [6.45, 7) is 0. The predicted octanol–water partition coefficient (Wildman–Crippen LogP) is 2.47. The molecule has 0 aromatic heterocycles. The van der Waals surface area contributed by atoms with Crippen LogP contribution in [0.4, 0.5) is 0 Å². The molecular formula is C16H12ClNO3. The van der Waals surface area contributed by atoms with E-state index in [1.54, 1.807) is 48.5 Å². The summed E-state index contributed by atoms with van der Waals surface area (Å²) in [5.74, 6) is -0.709. The summed E-state index contributed by atoms with van der Waals surface area (Å²) in [4.78, 5) is 33.9. The first-order valence-corrected chi connectivity index (χ1v) is 6.65. The number of carbonyl (C=O) groups excluding carboxylic acids is 3. The van der Waals surface area contributed by atoms with E-state index in [0.717, 1.165) is 0 Å². The molecule has 0 saturated heterocycles. The Kier molecular flexibility index (Phi) is 4.85. The molecule has 2 amide bonds. The first kappa shape index (κ1) is 14.9. The molecular weight excluding hydrogens is 290 g/mol. The van der Waals surface area contributed by atoms with Crippen LogP contribution >= 0.6 is 11.6 Å². The van der Waals surface area contributed by atoms with Crippen molar-refractivity contribution in [3.05, 3.63) is 71.3 Å². The van der Waals surface area contributed by atoms with Crippen molar-refractivity contribution in [1.82, 2.24) is 5.32 Å². The molecule has 0 bridgehead atoms. The Labute approximate surface area is 126 Å². The third-order valence-corrected chi connectivity index (χ3v) is 3.38.